The van der Waals surface area contributed by atoms with Crippen LogP contribution in [0.3, 0.4) is 0 Å². The maximum absolute atomic E-state index is 13.2. The highest BCUT2D eigenvalue weighted by Crippen LogP contribution is 2.38. The zero-order chi connectivity index (χ0) is 13.9. The molecule has 2 aromatic rings. The molecule has 0 bridgehead atoms. The van der Waals surface area contributed by atoms with Crippen molar-refractivity contribution in [3.63, 3.8) is 0 Å². The predicted molar refractivity (Wildman–Crippen MR) is 76.9 cm³/mol. The van der Waals surface area contributed by atoms with Gasteiger partial charge in [0.05, 0.1) is 0 Å². The van der Waals surface area contributed by atoms with Crippen LogP contribution in [-0.2, 0) is 0 Å². The maximum Gasteiger partial charge on any atom is 0.255 e. The van der Waals surface area contributed by atoms with Crippen LogP contribution in [0, 0.1) is 5.82 Å². The quantitative estimate of drug-likeness (QED) is 0.851. The molecule has 1 atom stereocenters. The van der Waals surface area contributed by atoms with Crippen molar-refractivity contribution in [3.05, 3.63) is 65.7 Å². The standard InChI is InChI=1S/C15H13FN2OS/c16-13-5-1-3-11(9-13)14(19)18-7-8-20-15(18)12-4-2-6-17-10-12/h1-6,9-10,15H,7-8H2. The van der Waals surface area contributed by atoms with Gasteiger partial charge in [0, 0.05) is 35.8 Å². The van der Waals surface area contributed by atoms with E-state index in [0.29, 0.717) is 12.1 Å². The molecule has 5 heteroatoms. The first-order valence-corrected chi connectivity index (χ1v) is 7.38. The average molecular weight is 288 g/mol. The Kier molecular flexibility index (Phi) is 3.69. The van der Waals surface area contributed by atoms with Gasteiger partial charge in [0.15, 0.2) is 0 Å². The lowest BCUT2D eigenvalue weighted by atomic mass is 10.1. The molecular weight excluding hydrogens is 275 g/mol. The topological polar surface area (TPSA) is 33.2 Å². The Morgan fingerprint density at radius 2 is 2.25 bits per heavy atom. The van der Waals surface area contributed by atoms with Gasteiger partial charge in [-0.15, -0.1) is 11.8 Å². The Morgan fingerprint density at radius 1 is 1.35 bits per heavy atom. The van der Waals surface area contributed by atoms with Gasteiger partial charge in [-0.2, -0.15) is 0 Å². The molecule has 102 valence electrons. The van der Waals surface area contributed by atoms with Gasteiger partial charge in [0.2, 0.25) is 0 Å². The van der Waals surface area contributed by atoms with Gasteiger partial charge in [-0.1, -0.05) is 12.1 Å². The second-order valence-electron chi connectivity index (χ2n) is 4.52. The van der Waals surface area contributed by atoms with Crippen LogP contribution in [-0.4, -0.2) is 28.1 Å². The van der Waals surface area contributed by atoms with E-state index < -0.39 is 0 Å². The van der Waals surface area contributed by atoms with E-state index in [-0.39, 0.29) is 17.1 Å². The van der Waals surface area contributed by atoms with Gasteiger partial charge in [0.25, 0.3) is 5.91 Å². The zero-order valence-electron chi connectivity index (χ0n) is 10.7. The van der Waals surface area contributed by atoms with Crippen molar-refractivity contribution in [1.82, 2.24) is 9.88 Å². The van der Waals surface area contributed by atoms with Crippen LogP contribution in [0.1, 0.15) is 21.3 Å². The van der Waals surface area contributed by atoms with E-state index in [4.69, 9.17) is 0 Å². The number of hydrogen-bond acceptors (Lipinski definition) is 3. The minimum Gasteiger partial charge on any atom is -0.322 e. The summed E-state index contributed by atoms with van der Waals surface area (Å²) in [5.41, 5.74) is 1.39. The Labute approximate surface area is 120 Å². The number of carbonyl (C=O) groups is 1. The van der Waals surface area contributed by atoms with E-state index in [0.717, 1.165) is 11.3 Å². The number of amides is 1. The molecular formula is C15H13FN2OS. The number of rotatable bonds is 2. The fraction of sp³-hybridized carbons (Fsp3) is 0.200. The van der Waals surface area contributed by atoms with E-state index in [1.165, 1.54) is 12.1 Å². The van der Waals surface area contributed by atoms with Crippen LogP contribution in [0.4, 0.5) is 4.39 Å². The molecule has 3 nitrogen and oxygen atoms in total. The largest absolute Gasteiger partial charge is 0.322 e. The molecule has 3 rings (SSSR count). The minimum atomic E-state index is -0.388. The minimum absolute atomic E-state index is 0.0422. The molecule has 1 aliphatic heterocycles. The molecule has 20 heavy (non-hydrogen) atoms. The number of thioether (sulfide) groups is 1. The third-order valence-corrected chi connectivity index (χ3v) is 4.45. The lowest BCUT2D eigenvalue weighted by Crippen LogP contribution is -2.30. The molecule has 0 aliphatic carbocycles. The van der Waals surface area contributed by atoms with Gasteiger partial charge >= 0.3 is 0 Å². The van der Waals surface area contributed by atoms with E-state index in [1.54, 1.807) is 41.2 Å². The van der Waals surface area contributed by atoms with E-state index in [1.807, 2.05) is 12.1 Å². The summed E-state index contributed by atoms with van der Waals surface area (Å²) in [6.45, 7) is 0.666. The number of carbonyl (C=O) groups excluding carboxylic acids is 1. The number of hydrogen-bond donors (Lipinski definition) is 0. The Balaban J connectivity index is 1.87. The third kappa shape index (κ3) is 2.54. The summed E-state index contributed by atoms with van der Waals surface area (Å²) in [7, 11) is 0. The molecule has 0 radical (unpaired) electrons. The Bertz CT molecular complexity index is 620. The molecule has 0 saturated carbocycles. The number of pyridine rings is 1. The Morgan fingerprint density at radius 3 is 3.00 bits per heavy atom. The molecule has 0 spiro atoms. The lowest BCUT2D eigenvalue weighted by Gasteiger charge is -2.24. The van der Waals surface area contributed by atoms with Crippen LogP contribution < -0.4 is 0 Å². The van der Waals surface area contributed by atoms with Crippen LogP contribution >= 0.6 is 11.8 Å². The van der Waals surface area contributed by atoms with E-state index in [9.17, 15) is 9.18 Å². The highest BCUT2D eigenvalue weighted by Gasteiger charge is 2.31. The fourth-order valence-electron chi connectivity index (χ4n) is 2.26. The van der Waals surface area contributed by atoms with Gasteiger partial charge < -0.3 is 4.90 Å². The molecule has 1 amide bonds. The molecule has 1 aromatic carbocycles. The predicted octanol–water partition coefficient (Wildman–Crippen LogP) is 3.11. The van der Waals surface area contributed by atoms with Crippen molar-refractivity contribution in [2.75, 3.05) is 12.3 Å². The average Bonchev–Trinajstić information content (AvgIpc) is 2.97. The number of nitrogens with zero attached hydrogens (tertiary/aromatic N) is 2. The van der Waals surface area contributed by atoms with Gasteiger partial charge in [-0.25, -0.2) is 4.39 Å². The molecule has 1 unspecified atom stereocenters. The molecule has 1 aromatic heterocycles. The van der Waals surface area contributed by atoms with Crippen LogP contribution in [0.5, 0.6) is 0 Å². The smallest absolute Gasteiger partial charge is 0.255 e. The van der Waals surface area contributed by atoms with Crippen LogP contribution in [0.15, 0.2) is 48.8 Å². The molecule has 1 fully saturated rings. The first-order valence-electron chi connectivity index (χ1n) is 6.34. The van der Waals surface area contributed by atoms with Gasteiger partial charge in [-0.3, -0.25) is 9.78 Å². The molecule has 2 heterocycles. The normalized spacial score (nSPS) is 18.2. The van der Waals surface area contributed by atoms with Gasteiger partial charge in [0.1, 0.15) is 11.2 Å². The second-order valence-corrected chi connectivity index (χ2v) is 5.71. The van der Waals surface area contributed by atoms with Crippen LogP contribution in [0.25, 0.3) is 0 Å². The first kappa shape index (κ1) is 13.1. The SMILES string of the molecule is O=C(c1cccc(F)c1)N1CCSC1c1cccnc1. The van der Waals surface area contributed by atoms with E-state index >= 15 is 0 Å². The Hall–Kier alpha value is -1.88. The van der Waals surface area contributed by atoms with Crippen molar-refractivity contribution < 1.29 is 9.18 Å². The maximum atomic E-state index is 13.2. The number of halogens is 1. The van der Waals surface area contributed by atoms with Crippen molar-refractivity contribution in [1.29, 1.82) is 0 Å². The molecule has 0 N–H and O–H groups in total. The molecule has 1 aliphatic rings. The fourth-order valence-corrected chi connectivity index (χ4v) is 3.50. The highest BCUT2D eigenvalue weighted by molar-refractivity contribution is 7.99. The summed E-state index contributed by atoms with van der Waals surface area (Å²) in [5.74, 6) is 0.352. The summed E-state index contributed by atoms with van der Waals surface area (Å²) in [5, 5.41) is -0.0422. The van der Waals surface area contributed by atoms with Gasteiger partial charge in [-0.05, 0) is 24.3 Å². The number of benzene rings is 1. The summed E-state index contributed by atoms with van der Waals surface area (Å²) < 4.78 is 13.2. The second kappa shape index (κ2) is 5.63. The van der Waals surface area contributed by atoms with Crippen molar-refractivity contribution in [2.45, 2.75) is 5.37 Å². The highest BCUT2D eigenvalue weighted by atomic mass is 32.2. The first-order chi connectivity index (χ1) is 9.75. The van der Waals surface area contributed by atoms with Crippen molar-refractivity contribution >= 4 is 17.7 Å². The van der Waals surface area contributed by atoms with Crippen molar-refractivity contribution in [3.8, 4) is 0 Å². The molecule has 1 saturated heterocycles. The summed E-state index contributed by atoms with van der Waals surface area (Å²) in [6.07, 6.45) is 3.48. The summed E-state index contributed by atoms with van der Waals surface area (Å²) in [6, 6.07) is 9.65. The zero-order valence-corrected chi connectivity index (χ0v) is 11.5. The summed E-state index contributed by atoms with van der Waals surface area (Å²) in [4.78, 5) is 18.4. The number of aromatic nitrogens is 1. The summed E-state index contributed by atoms with van der Waals surface area (Å²) >= 11 is 1.70. The van der Waals surface area contributed by atoms with E-state index in [2.05, 4.69) is 4.98 Å². The van der Waals surface area contributed by atoms with Crippen molar-refractivity contribution in [2.24, 2.45) is 0 Å². The third-order valence-electron chi connectivity index (χ3n) is 3.19. The lowest BCUT2D eigenvalue weighted by molar-refractivity contribution is 0.0759. The van der Waals surface area contributed by atoms with Crippen LogP contribution in [0.2, 0.25) is 0 Å². The monoisotopic (exact) mass is 288 g/mol.